The molecule has 1 aromatic carbocycles. The molecule has 0 bridgehead atoms. The van der Waals surface area contributed by atoms with Gasteiger partial charge in [0.1, 0.15) is 0 Å². The molecule has 1 saturated heterocycles. The van der Waals surface area contributed by atoms with Crippen LogP contribution in [0.25, 0.3) is 0 Å². The zero-order chi connectivity index (χ0) is 18.6. The number of para-hydroxylation sites is 1. The maximum Gasteiger partial charge on any atom is 0.241 e. The lowest BCUT2D eigenvalue weighted by molar-refractivity contribution is -0.119. The van der Waals surface area contributed by atoms with Crippen LogP contribution in [0.4, 0.5) is 5.69 Å². The lowest BCUT2D eigenvalue weighted by atomic mass is 10.2. The van der Waals surface area contributed by atoms with Gasteiger partial charge < -0.3 is 10.2 Å². The summed E-state index contributed by atoms with van der Waals surface area (Å²) < 4.78 is 0. The Labute approximate surface area is 159 Å². The molecule has 0 unspecified atom stereocenters. The third-order valence-corrected chi connectivity index (χ3v) is 5.22. The summed E-state index contributed by atoms with van der Waals surface area (Å²) in [6, 6.07) is 14.0. The molecule has 1 fully saturated rings. The monoisotopic (exact) mass is 364 g/mol. The van der Waals surface area contributed by atoms with Gasteiger partial charge in [0, 0.05) is 44.0 Å². The number of hydrogen-bond donors (Lipinski definition) is 1. The van der Waals surface area contributed by atoms with Gasteiger partial charge in [-0.15, -0.1) is 0 Å². The Morgan fingerprint density at radius 2 is 2.04 bits per heavy atom. The minimum atomic E-state index is 0.0950. The zero-order valence-electron chi connectivity index (χ0n) is 15.3. The number of aromatic nitrogens is 1. The molecule has 1 aromatic heterocycles. The molecule has 2 aliphatic rings. The van der Waals surface area contributed by atoms with Crippen LogP contribution in [-0.2, 0) is 22.6 Å². The first-order chi connectivity index (χ1) is 13.2. The van der Waals surface area contributed by atoms with Crippen molar-refractivity contribution in [2.24, 2.45) is 0 Å². The SMILES string of the molecule is O=C1CC[C@@H](CN(CC(=O)N2CCc3ccccc32)Cc2ccccn2)N1. The molecular formula is C21H24N4O2. The second-order valence-electron chi connectivity index (χ2n) is 7.22. The first-order valence-electron chi connectivity index (χ1n) is 9.49. The van der Waals surface area contributed by atoms with Gasteiger partial charge in [0.2, 0.25) is 11.8 Å². The van der Waals surface area contributed by atoms with Gasteiger partial charge in [-0.2, -0.15) is 0 Å². The van der Waals surface area contributed by atoms with Gasteiger partial charge in [0.25, 0.3) is 0 Å². The number of hydrogen-bond acceptors (Lipinski definition) is 4. The number of carbonyl (C=O) groups is 2. The van der Waals surface area contributed by atoms with Crippen LogP contribution in [0, 0.1) is 0 Å². The van der Waals surface area contributed by atoms with Crippen LogP contribution < -0.4 is 10.2 Å². The van der Waals surface area contributed by atoms with Crippen molar-refractivity contribution in [3.05, 3.63) is 59.9 Å². The molecule has 1 N–H and O–H groups in total. The summed E-state index contributed by atoms with van der Waals surface area (Å²) in [6.45, 7) is 2.30. The molecule has 0 spiro atoms. The Bertz CT molecular complexity index is 824. The third kappa shape index (κ3) is 4.17. The Morgan fingerprint density at radius 1 is 1.19 bits per heavy atom. The van der Waals surface area contributed by atoms with Crippen molar-refractivity contribution >= 4 is 17.5 Å². The summed E-state index contributed by atoms with van der Waals surface area (Å²) in [4.78, 5) is 32.9. The van der Waals surface area contributed by atoms with E-state index in [9.17, 15) is 9.59 Å². The number of amides is 2. The number of anilines is 1. The number of rotatable bonds is 6. The van der Waals surface area contributed by atoms with Crippen LogP contribution in [0.3, 0.4) is 0 Å². The maximum atomic E-state index is 13.0. The van der Waals surface area contributed by atoms with E-state index in [-0.39, 0.29) is 17.9 Å². The highest BCUT2D eigenvalue weighted by Gasteiger charge is 2.28. The van der Waals surface area contributed by atoms with E-state index in [4.69, 9.17) is 0 Å². The number of benzene rings is 1. The van der Waals surface area contributed by atoms with E-state index in [2.05, 4.69) is 21.3 Å². The number of nitrogens with zero attached hydrogens (tertiary/aromatic N) is 3. The van der Waals surface area contributed by atoms with Gasteiger partial charge in [-0.05, 0) is 36.6 Å². The van der Waals surface area contributed by atoms with Crippen molar-refractivity contribution in [1.82, 2.24) is 15.2 Å². The van der Waals surface area contributed by atoms with Crippen molar-refractivity contribution in [1.29, 1.82) is 0 Å². The predicted molar refractivity (Wildman–Crippen MR) is 103 cm³/mol. The van der Waals surface area contributed by atoms with Crippen LogP contribution >= 0.6 is 0 Å². The summed E-state index contributed by atoms with van der Waals surface area (Å²) in [5.41, 5.74) is 3.18. The molecule has 2 aromatic rings. The predicted octanol–water partition coefficient (Wildman–Crippen LogP) is 1.75. The molecule has 2 amide bonds. The Hall–Kier alpha value is -2.73. The smallest absolute Gasteiger partial charge is 0.241 e. The number of carbonyl (C=O) groups excluding carboxylic acids is 2. The van der Waals surface area contributed by atoms with Crippen molar-refractivity contribution in [2.75, 3.05) is 24.5 Å². The van der Waals surface area contributed by atoms with E-state index in [0.29, 0.717) is 26.1 Å². The minimum Gasteiger partial charge on any atom is -0.352 e. The molecule has 27 heavy (non-hydrogen) atoms. The number of pyridine rings is 1. The van der Waals surface area contributed by atoms with E-state index in [1.165, 1.54) is 5.56 Å². The zero-order valence-corrected chi connectivity index (χ0v) is 15.3. The van der Waals surface area contributed by atoms with Crippen LogP contribution in [0.2, 0.25) is 0 Å². The summed E-state index contributed by atoms with van der Waals surface area (Å²) in [7, 11) is 0. The fourth-order valence-corrected chi connectivity index (χ4v) is 3.91. The van der Waals surface area contributed by atoms with Gasteiger partial charge in [-0.3, -0.25) is 19.5 Å². The topological polar surface area (TPSA) is 65.5 Å². The molecule has 140 valence electrons. The first-order valence-corrected chi connectivity index (χ1v) is 9.49. The highest BCUT2D eigenvalue weighted by molar-refractivity contribution is 5.96. The summed E-state index contributed by atoms with van der Waals surface area (Å²) >= 11 is 0. The van der Waals surface area contributed by atoms with Crippen molar-refractivity contribution in [3.8, 4) is 0 Å². The molecular weight excluding hydrogens is 340 g/mol. The standard InChI is InChI=1S/C21H24N4O2/c26-20-9-8-18(23-20)14-24(13-17-6-3-4-11-22-17)15-21(27)25-12-10-16-5-1-2-7-19(16)25/h1-7,11,18H,8-10,12-15H2,(H,23,26)/t18-/m0/s1. The van der Waals surface area contributed by atoms with Crippen molar-refractivity contribution in [3.63, 3.8) is 0 Å². The molecule has 4 rings (SSSR count). The minimum absolute atomic E-state index is 0.0950. The molecule has 0 saturated carbocycles. The number of fused-ring (bicyclic) bond motifs is 1. The third-order valence-electron chi connectivity index (χ3n) is 5.22. The van der Waals surface area contributed by atoms with Crippen molar-refractivity contribution < 1.29 is 9.59 Å². The fourth-order valence-electron chi connectivity index (χ4n) is 3.91. The lowest BCUT2D eigenvalue weighted by Crippen LogP contribution is -2.44. The second-order valence-corrected chi connectivity index (χ2v) is 7.22. The quantitative estimate of drug-likeness (QED) is 0.848. The Morgan fingerprint density at radius 3 is 2.81 bits per heavy atom. The molecule has 3 heterocycles. The van der Waals surface area contributed by atoms with Gasteiger partial charge in [0.15, 0.2) is 0 Å². The molecule has 0 aliphatic carbocycles. The second kappa shape index (κ2) is 7.88. The Balaban J connectivity index is 1.46. The molecule has 0 radical (unpaired) electrons. The van der Waals surface area contributed by atoms with Crippen LogP contribution in [0.5, 0.6) is 0 Å². The largest absolute Gasteiger partial charge is 0.352 e. The van der Waals surface area contributed by atoms with E-state index >= 15 is 0 Å². The van der Waals surface area contributed by atoms with Crippen LogP contribution in [0.1, 0.15) is 24.1 Å². The van der Waals surface area contributed by atoms with E-state index in [1.54, 1.807) is 6.20 Å². The van der Waals surface area contributed by atoms with E-state index in [0.717, 1.165) is 30.8 Å². The average Bonchev–Trinajstić information content (AvgIpc) is 3.28. The van der Waals surface area contributed by atoms with E-state index in [1.807, 2.05) is 41.3 Å². The Kier molecular flexibility index (Phi) is 5.16. The summed E-state index contributed by atoms with van der Waals surface area (Å²) in [6.07, 6.45) is 4.05. The normalized spacial score (nSPS) is 18.6. The molecule has 6 nitrogen and oxygen atoms in total. The highest BCUT2D eigenvalue weighted by Crippen LogP contribution is 2.27. The lowest BCUT2D eigenvalue weighted by Gasteiger charge is -2.27. The van der Waals surface area contributed by atoms with Gasteiger partial charge in [-0.1, -0.05) is 24.3 Å². The summed E-state index contributed by atoms with van der Waals surface area (Å²) in [5.74, 6) is 0.192. The highest BCUT2D eigenvalue weighted by atomic mass is 16.2. The fraction of sp³-hybridized carbons (Fsp3) is 0.381. The first kappa shape index (κ1) is 17.7. The summed E-state index contributed by atoms with van der Waals surface area (Å²) in [5, 5.41) is 3.00. The van der Waals surface area contributed by atoms with E-state index < -0.39 is 0 Å². The van der Waals surface area contributed by atoms with Gasteiger partial charge in [0.05, 0.1) is 12.2 Å². The van der Waals surface area contributed by atoms with Crippen molar-refractivity contribution in [2.45, 2.75) is 31.8 Å². The average molecular weight is 364 g/mol. The molecule has 1 atom stereocenters. The van der Waals surface area contributed by atoms with Gasteiger partial charge >= 0.3 is 0 Å². The van der Waals surface area contributed by atoms with Crippen LogP contribution in [-0.4, -0.2) is 47.4 Å². The van der Waals surface area contributed by atoms with Gasteiger partial charge in [-0.25, -0.2) is 0 Å². The molecule has 6 heteroatoms. The maximum absolute atomic E-state index is 13.0. The van der Waals surface area contributed by atoms with Crippen LogP contribution in [0.15, 0.2) is 48.7 Å². The molecule has 2 aliphatic heterocycles. The number of nitrogens with one attached hydrogen (secondary N) is 1.